The van der Waals surface area contributed by atoms with E-state index in [4.69, 9.17) is 5.26 Å². The van der Waals surface area contributed by atoms with Gasteiger partial charge in [0.25, 0.3) is 15.9 Å². The summed E-state index contributed by atoms with van der Waals surface area (Å²) in [5.74, 6) is -0.692. The van der Waals surface area contributed by atoms with Crippen molar-refractivity contribution in [3.8, 4) is 11.8 Å². The Morgan fingerprint density at radius 3 is 2.29 bits per heavy atom. The minimum Gasteiger partial charge on any atom is -0.508 e. The number of urea groups is 1. The number of aromatic hydroxyl groups is 1. The molecule has 4 N–H and O–H groups in total. The van der Waals surface area contributed by atoms with Gasteiger partial charge in [-0.1, -0.05) is 6.07 Å². The molecule has 3 amide bonds. The Morgan fingerprint density at radius 2 is 1.68 bits per heavy atom. The van der Waals surface area contributed by atoms with Gasteiger partial charge in [0, 0.05) is 5.56 Å². The minimum absolute atomic E-state index is 0.0653. The topological polar surface area (TPSA) is 174 Å². The van der Waals surface area contributed by atoms with Gasteiger partial charge in [0.1, 0.15) is 5.75 Å². The molecule has 3 aromatic rings. The second-order valence-corrected chi connectivity index (χ2v) is 7.68. The van der Waals surface area contributed by atoms with Gasteiger partial charge in [-0.15, -0.1) is 0 Å². The van der Waals surface area contributed by atoms with Crippen molar-refractivity contribution in [3.05, 3.63) is 72.1 Å². The van der Waals surface area contributed by atoms with Gasteiger partial charge in [0.15, 0.2) is 0 Å². The van der Waals surface area contributed by atoms with Gasteiger partial charge in [-0.3, -0.25) is 10.1 Å². The molecular formula is C19H14N6O5S. The lowest BCUT2D eigenvalue weighted by molar-refractivity contribution is 0.102. The van der Waals surface area contributed by atoms with Crippen molar-refractivity contribution < 1.29 is 23.1 Å². The fourth-order valence-corrected chi connectivity index (χ4v) is 3.23. The van der Waals surface area contributed by atoms with Gasteiger partial charge >= 0.3 is 6.03 Å². The van der Waals surface area contributed by atoms with Crippen molar-refractivity contribution in [3.63, 3.8) is 0 Å². The maximum atomic E-state index is 12.2. The molecule has 0 bridgehead atoms. The highest BCUT2D eigenvalue weighted by atomic mass is 32.2. The SMILES string of the molecule is N#Cc1ccc(S(=O)(=O)NC(=O)Nc2cnc(NC(=O)c3cccc(O)c3)nc2)cc1. The van der Waals surface area contributed by atoms with Crippen LogP contribution in [0.1, 0.15) is 15.9 Å². The molecule has 1 aromatic heterocycles. The number of carbonyl (C=O) groups excluding carboxylic acids is 2. The van der Waals surface area contributed by atoms with E-state index in [2.05, 4.69) is 20.6 Å². The maximum absolute atomic E-state index is 12.2. The summed E-state index contributed by atoms with van der Waals surface area (Å²) >= 11 is 0. The fourth-order valence-electron chi connectivity index (χ4n) is 2.32. The highest BCUT2D eigenvalue weighted by molar-refractivity contribution is 7.90. The molecule has 156 valence electrons. The summed E-state index contributed by atoms with van der Waals surface area (Å²) in [6.07, 6.45) is 2.33. The van der Waals surface area contributed by atoms with Crippen LogP contribution in [0.5, 0.6) is 5.75 Å². The third-order valence-electron chi connectivity index (χ3n) is 3.76. The van der Waals surface area contributed by atoms with Crippen LogP contribution in [0.15, 0.2) is 65.8 Å². The van der Waals surface area contributed by atoms with E-state index in [9.17, 15) is 23.1 Å². The van der Waals surface area contributed by atoms with Crippen molar-refractivity contribution >= 4 is 33.6 Å². The van der Waals surface area contributed by atoms with E-state index in [1.807, 2.05) is 10.8 Å². The van der Waals surface area contributed by atoms with E-state index in [1.165, 1.54) is 60.9 Å². The maximum Gasteiger partial charge on any atom is 0.333 e. The average molecular weight is 438 g/mol. The molecule has 0 aliphatic heterocycles. The van der Waals surface area contributed by atoms with Crippen LogP contribution in [0.4, 0.5) is 16.4 Å². The van der Waals surface area contributed by atoms with Crippen molar-refractivity contribution in [2.24, 2.45) is 0 Å². The number of hydrogen-bond donors (Lipinski definition) is 4. The first-order valence-electron chi connectivity index (χ1n) is 8.53. The Labute approximate surface area is 176 Å². The molecule has 2 aromatic carbocycles. The standard InChI is InChI=1S/C19H14N6O5S/c20-9-12-4-6-16(7-5-12)31(29,30)25-19(28)23-14-10-21-18(22-11-14)24-17(27)13-2-1-3-15(26)8-13/h1-8,10-11,26H,(H2,23,25,28)(H,21,22,24,27). The molecule has 0 aliphatic rings. The summed E-state index contributed by atoms with van der Waals surface area (Å²) in [4.78, 5) is 31.6. The predicted molar refractivity (Wildman–Crippen MR) is 109 cm³/mol. The highest BCUT2D eigenvalue weighted by Gasteiger charge is 2.18. The molecule has 11 nitrogen and oxygen atoms in total. The van der Waals surface area contributed by atoms with Gasteiger partial charge in [0.05, 0.1) is 34.6 Å². The number of nitriles is 1. The quantitative estimate of drug-likeness (QED) is 0.466. The number of sulfonamides is 1. The number of rotatable bonds is 5. The van der Waals surface area contributed by atoms with Crippen molar-refractivity contribution in [1.82, 2.24) is 14.7 Å². The molecular weight excluding hydrogens is 424 g/mol. The van der Waals surface area contributed by atoms with Gasteiger partial charge < -0.3 is 10.4 Å². The van der Waals surface area contributed by atoms with Crippen molar-refractivity contribution in [2.45, 2.75) is 4.90 Å². The van der Waals surface area contributed by atoms with Gasteiger partial charge in [-0.05, 0) is 42.5 Å². The monoisotopic (exact) mass is 438 g/mol. The number of phenolic OH excluding ortho intramolecular Hbond substituents is 1. The predicted octanol–water partition coefficient (Wildman–Crippen LogP) is 1.82. The molecule has 0 atom stereocenters. The first-order chi connectivity index (χ1) is 14.8. The van der Waals surface area contributed by atoms with Crippen LogP contribution in [0, 0.1) is 11.3 Å². The molecule has 12 heteroatoms. The Kier molecular flexibility index (Phi) is 6.08. The number of anilines is 2. The summed E-state index contributed by atoms with van der Waals surface area (Å²) in [5.41, 5.74) is 0.540. The van der Waals surface area contributed by atoms with E-state index < -0.39 is 22.0 Å². The Bertz CT molecular complexity index is 1270. The third-order valence-corrected chi connectivity index (χ3v) is 5.11. The largest absolute Gasteiger partial charge is 0.508 e. The van der Waals surface area contributed by atoms with Crippen LogP contribution in [0.2, 0.25) is 0 Å². The van der Waals surface area contributed by atoms with Crippen molar-refractivity contribution in [1.29, 1.82) is 5.26 Å². The summed E-state index contributed by atoms with van der Waals surface area (Å²) in [6.45, 7) is 0. The molecule has 31 heavy (non-hydrogen) atoms. The molecule has 0 spiro atoms. The summed E-state index contributed by atoms with van der Waals surface area (Å²) < 4.78 is 26.3. The Balaban J connectivity index is 1.60. The normalized spacial score (nSPS) is 10.5. The number of nitrogens with one attached hydrogen (secondary N) is 3. The van der Waals surface area contributed by atoms with Crippen LogP contribution in [-0.4, -0.2) is 35.4 Å². The Morgan fingerprint density at radius 1 is 1.00 bits per heavy atom. The average Bonchev–Trinajstić information content (AvgIpc) is 2.74. The second-order valence-electron chi connectivity index (χ2n) is 6.00. The summed E-state index contributed by atoms with van der Waals surface area (Å²) in [6, 6.07) is 11.5. The molecule has 0 saturated carbocycles. The zero-order valence-electron chi connectivity index (χ0n) is 15.6. The summed E-state index contributed by atoms with van der Waals surface area (Å²) in [5, 5.41) is 22.8. The molecule has 0 saturated heterocycles. The van der Waals surface area contributed by atoms with Crippen LogP contribution >= 0.6 is 0 Å². The lowest BCUT2D eigenvalue weighted by atomic mass is 10.2. The molecule has 0 unspecified atom stereocenters. The number of benzene rings is 2. The van der Waals surface area contributed by atoms with E-state index in [-0.39, 0.29) is 33.4 Å². The zero-order valence-corrected chi connectivity index (χ0v) is 16.4. The van der Waals surface area contributed by atoms with Gasteiger partial charge in [-0.25, -0.2) is 27.9 Å². The number of carbonyl (C=O) groups is 2. The molecule has 0 fully saturated rings. The van der Waals surface area contributed by atoms with E-state index in [1.54, 1.807) is 0 Å². The van der Waals surface area contributed by atoms with Gasteiger partial charge in [-0.2, -0.15) is 5.26 Å². The molecule has 0 radical (unpaired) electrons. The first kappa shape index (κ1) is 21.2. The first-order valence-corrected chi connectivity index (χ1v) is 10.0. The summed E-state index contributed by atoms with van der Waals surface area (Å²) in [7, 11) is -4.15. The molecule has 0 aliphatic carbocycles. The number of hydrogen-bond acceptors (Lipinski definition) is 8. The number of phenols is 1. The minimum atomic E-state index is -4.15. The van der Waals surface area contributed by atoms with E-state index >= 15 is 0 Å². The van der Waals surface area contributed by atoms with Crippen LogP contribution in [0.25, 0.3) is 0 Å². The zero-order chi connectivity index (χ0) is 22.4. The fraction of sp³-hybridized carbons (Fsp3) is 0. The third kappa shape index (κ3) is 5.52. The number of nitrogens with zero attached hydrogens (tertiary/aromatic N) is 3. The lowest BCUT2D eigenvalue weighted by Gasteiger charge is -2.09. The van der Waals surface area contributed by atoms with E-state index in [0.717, 1.165) is 0 Å². The van der Waals surface area contributed by atoms with E-state index in [0.29, 0.717) is 0 Å². The van der Waals surface area contributed by atoms with Crippen LogP contribution in [0.3, 0.4) is 0 Å². The highest BCUT2D eigenvalue weighted by Crippen LogP contribution is 2.13. The van der Waals surface area contributed by atoms with Crippen LogP contribution in [-0.2, 0) is 10.0 Å². The second kappa shape index (κ2) is 8.89. The van der Waals surface area contributed by atoms with Crippen molar-refractivity contribution in [2.75, 3.05) is 10.6 Å². The smallest absolute Gasteiger partial charge is 0.333 e. The number of amides is 3. The molecule has 1 heterocycles. The lowest BCUT2D eigenvalue weighted by Crippen LogP contribution is -2.34. The van der Waals surface area contributed by atoms with Crippen LogP contribution < -0.4 is 15.4 Å². The number of aromatic nitrogens is 2. The van der Waals surface area contributed by atoms with Gasteiger partial charge in [0.2, 0.25) is 5.95 Å². The Hall–Kier alpha value is -4.50. The molecule has 3 rings (SSSR count).